The maximum Gasteiger partial charge on any atom is 0.306 e. The summed E-state index contributed by atoms with van der Waals surface area (Å²) in [7, 11) is 0. The van der Waals surface area contributed by atoms with E-state index in [1.807, 2.05) is 6.08 Å². The molecule has 0 bridgehead atoms. The number of rotatable bonds is 49. The molecule has 0 aliphatic heterocycles. The second-order valence-corrected chi connectivity index (χ2v) is 18.1. The molecule has 0 heterocycles. The molecular formula is C63H102O6. The van der Waals surface area contributed by atoms with Gasteiger partial charge in [0.25, 0.3) is 0 Å². The van der Waals surface area contributed by atoms with Crippen LogP contribution in [-0.2, 0) is 28.6 Å². The number of carbonyl (C=O) groups is 3. The van der Waals surface area contributed by atoms with E-state index >= 15 is 0 Å². The third-order valence-corrected chi connectivity index (χ3v) is 11.4. The lowest BCUT2D eigenvalue weighted by atomic mass is 10.1. The third-order valence-electron chi connectivity index (χ3n) is 11.4. The molecule has 0 N–H and O–H groups in total. The van der Waals surface area contributed by atoms with E-state index in [9.17, 15) is 14.4 Å². The van der Waals surface area contributed by atoms with Gasteiger partial charge in [0, 0.05) is 19.3 Å². The summed E-state index contributed by atoms with van der Waals surface area (Å²) in [6.45, 7) is 6.32. The Morgan fingerprint density at radius 2 is 0.594 bits per heavy atom. The fraction of sp³-hybridized carbons (Fsp3) is 0.635. The molecule has 390 valence electrons. The highest BCUT2D eigenvalue weighted by Gasteiger charge is 2.19. The van der Waals surface area contributed by atoms with E-state index in [1.165, 1.54) is 77.0 Å². The Balaban J connectivity index is 4.54. The summed E-state index contributed by atoms with van der Waals surface area (Å²) >= 11 is 0. The van der Waals surface area contributed by atoms with Crippen molar-refractivity contribution < 1.29 is 28.6 Å². The summed E-state index contributed by atoms with van der Waals surface area (Å²) in [6, 6.07) is 0. The van der Waals surface area contributed by atoms with E-state index in [-0.39, 0.29) is 37.5 Å². The van der Waals surface area contributed by atoms with Gasteiger partial charge in [0.2, 0.25) is 0 Å². The van der Waals surface area contributed by atoms with Crippen molar-refractivity contribution in [3.05, 3.63) is 122 Å². The van der Waals surface area contributed by atoms with Crippen LogP contribution in [0.4, 0.5) is 0 Å². The van der Waals surface area contributed by atoms with Crippen molar-refractivity contribution >= 4 is 17.9 Å². The molecule has 0 aliphatic carbocycles. The van der Waals surface area contributed by atoms with Crippen molar-refractivity contribution in [2.24, 2.45) is 0 Å². The lowest BCUT2D eigenvalue weighted by Crippen LogP contribution is -2.30. The molecule has 0 unspecified atom stereocenters. The molecule has 0 saturated carbocycles. The Morgan fingerprint density at radius 3 is 0.986 bits per heavy atom. The minimum atomic E-state index is -0.822. The zero-order chi connectivity index (χ0) is 50.0. The number of allylic oxidation sites excluding steroid dienone is 20. The number of esters is 3. The number of carbonyl (C=O) groups excluding carboxylic acids is 3. The number of hydrogen-bond acceptors (Lipinski definition) is 6. The van der Waals surface area contributed by atoms with E-state index in [4.69, 9.17) is 14.2 Å². The Hall–Kier alpha value is -4.19. The second kappa shape index (κ2) is 56.4. The smallest absolute Gasteiger partial charge is 0.306 e. The molecule has 0 rings (SSSR count). The van der Waals surface area contributed by atoms with Crippen molar-refractivity contribution in [2.75, 3.05) is 13.2 Å². The average molecular weight is 956 g/mol. The number of hydrogen-bond donors (Lipinski definition) is 0. The highest BCUT2D eigenvalue weighted by molar-refractivity contribution is 5.71. The molecule has 0 amide bonds. The van der Waals surface area contributed by atoms with Crippen LogP contribution in [0.1, 0.15) is 239 Å². The normalized spacial score (nSPS) is 13.0. The molecule has 0 fully saturated rings. The first-order chi connectivity index (χ1) is 34.0. The highest BCUT2D eigenvalue weighted by atomic mass is 16.6. The Morgan fingerprint density at radius 1 is 0.304 bits per heavy atom. The molecule has 6 heteroatoms. The van der Waals surface area contributed by atoms with Gasteiger partial charge in [0.05, 0.1) is 0 Å². The molecule has 0 saturated heterocycles. The standard InChI is InChI=1S/C63H102O6/c1-4-7-10-13-16-19-22-25-28-30-31-33-35-38-41-44-47-50-53-56-62(65)68-59-60(58-67-61(64)55-52-49-46-43-40-37-34-27-24-21-18-15-12-9-6-3)69-63(66)57-54-51-48-45-42-39-36-32-29-26-23-20-17-14-11-8-5-2/h7,9-10,12,16,18-19,21,25-29,31,33-34,38,41,47,50,60H,4-6,8,11,13-15,17,20,22-24,30,32,35-37,39-40,42-46,48-49,51-59H2,1-3H3/b10-7-,12-9-,19-16-,21-18-,28-25-,29-26-,33-31-,34-27-,41-38-,50-47-/t60-/m0/s1. The van der Waals surface area contributed by atoms with Crippen LogP contribution >= 0.6 is 0 Å². The van der Waals surface area contributed by atoms with Crippen LogP contribution in [0.2, 0.25) is 0 Å². The maximum absolute atomic E-state index is 12.8. The molecule has 0 aromatic carbocycles. The predicted octanol–water partition coefficient (Wildman–Crippen LogP) is 18.9. The van der Waals surface area contributed by atoms with Crippen molar-refractivity contribution in [1.29, 1.82) is 0 Å². The van der Waals surface area contributed by atoms with Gasteiger partial charge in [-0.2, -0.15) is 0 Å². The van der Waals surface area contributed by atoms with Gasteiger partial charge in [-0.15, -0.1) is 0 Å². The molecule has 6 nitrogen and oxygen atoms in total. The van der Waals surface area contributed by atoms with Crippen LogP contribution in [0.3, 0.4) is 0 Å². The average Bonchev–Trinajstić information content (AvgIpc) is 3.35. The number of ether oxygens (including phenoxy) is 3. The van der Waals surface area contributed by atoms with Gasteiger partial charge in [0.1, 0.15) is 13.2 Å². The van der Waals surface area contributed by atoms with Gasteiger partial charge in [-0.25, -0.2) is 0 Å². The first-order valence-electron chi connectivity index (χ1n) is 28.0. The molecule has 0 aromatic rings. The van der Waals surface area contributed by atoms with Gasteiger partial charge < -0.3 is 14.2 Å². The summed E-state index contributed by atoms with van der Waals surface area (Å²) < 4.78 is 16.8. The minimum Gasteiger partial charge on any atom is -0.462 e. The van der Waals surface area contributed by atoms with Gasteiger partial charge in [0.15, 0.2) is 6.10 Å². The number of unbranched alkanes of at least 4 members (excludes halogenated alkanes) is 18. The van der Waals surface area contributed by atoms with Crippen LogP contribution < -0.4 is 0 Å². The highest BCUT2D eigenvalue weighted by Crippen LogP contribution is 2.14. The van der Waals surface area contributed by atoms with Crippen molar-refractivity contribution in [2.45, 2.75) is 245 Å². The van der Waals surface area contributed by atoms with Gasteiger partial charge in [-0.05, 0) is 116 Å². The summed E-state index contributed by atoms with van der Waals surface area (Å²) in [5, 5.41) is 0. The summed E-state index contributed by atoms with van der Waals surface area (Å²) in [5.41, 5.74) is 0. The lowest BCUT2D eigenvalue weighted by molar-refractivity contribution is -0.166. The van der Waals surface area contributed by atoms with E-state index < -0.39 is 6.10 Å². The predicted molar refractivity (Wildman–Crippen MR) is 297 cm³/mol. The monoisotopic (exact) mass is 955 g/mol. The Bertz CT molecular complexity index is 1470. The summed E-state index contributed by atoms with van der Waals surface area (Å²) in [6.07, 6.45) is 77.7. The zero-order valence-corrected chi connectivity index (χ0v) is 44.5. The first kappa shape index (κ1) is 64.8. The molecular weight excluding hydrogens is 853 g/mol. The van der Waals surface area contributed by atoms with Crippen LogP contribution in [0.25, 0.3) is 0 Å². The quantitative estimate of drug-likeness (QED) is 0.0262. The molecule has 1 atom stereocenters. The molecule has 0 aliphatic rings. The van der Waals surface area contributed by atoms with Gasteiger partial charge in [-0.1, -0.05) is 226 Å². The Labute approximate surface area is 424 Å². The van der Waals surface area contributed by atoms with E-state index in [0.29, 0.717) is 19.3 Å². The molecule has 0 spiro atoms. The maximum atomic E-state index is 12.8. The van der Waals surface area contributed by atoms with E-state index in [2.05, 4.69) is 136 Å². The third kappa shape index (κ3) is 54.6. The molecule has 0 radical (unpaired) electrons. The van der Waals surface area contributed by atoms with Crippen LogP contribution in [0.15, 0.2) is 122 Å². The van der Waals surface area contributed by atoms with Crippen LogP contribution in [0, 0.1) is 0 Å². The minimum absolute atomic E-state index is 0.115. The van der Waals surface area contributed by atoms with Gasteiger partial charge in [-0.3, -0.25) is 14.4 Å². The van der Waals surface area contributed by atoms with Crippen LogP contribution in [0.5, 0.6) is 0 Å². The molecule has 69 heavy (non-hydrogen) atoms. The van der Waals surface area contributed by atoms with Crippen LogP contribution in [-0.4, -0.2) is 37.2 Å². The van der Waals surface area contributed by atoms with E-state index in [0.717, 1.165) is 116 Å². The topological polar surface area (TPSA) is 78.9 Å². The zero-order valence-electron chi connectivity index (χ0n) is 44.5. The van der Waals surface area contributed by atoms with Crippen molar-refractivity contribution in [3.8, 4) is 0 Å². The SMILES string of the molecule is CC/C=C\C/C=C\C/C=C\C/C=C\C/C=C\C/C=C\CCC(=O)OC[C@H](COC(=O)CCCCCCC/C=C\C/C=C\C/C=C\CC)OC(=O)CCCCCCCCC/C=C\CCCCCCCC. The first-order valence-corrected chi connectivity index (χ1v) is 28.0. The van der Waals surface area contributed by atoms with Crippen molar-refractivity contribution in [1.82, 2.24) is 0 Å². The van der Waals surface area contributed by atoms with Crippen molar-refractivity contribution in [3.63, 3.8) is 0 Å². The Kier molecular flexibility index (Phi) is 53.0. The van der Waals surface area contributed by atoms with Gasteiger partial charge >= 0.3 is 17.9 Å². The lowest BCUT2D eigenvalue weighted by Gasteiger charge is -2.18. The summed E-state index contributed by atoms with van der Waals surface area (Å²) in [4.78, 5) is 38.1. The fourth-order valence-corrected chi connectivity index (χ4v) is 7.30. The summed E-state index contributed by atoms with van der Waals surface area (Å²) in [5.74, 6) is -1.02. The molecule has 0 aromatic heterocycles. The fourth-order valence-electron chi connectivity index (χ4n) is 7.30. The second-order valence-electron chi connectivity index (χ2n) is 18.1. The largest absolute Gasteiger partial charge is 0.462 e. The van der Waals surface area contributed by atoms with E-state index in [1.54, 1.807) is 0 Å².